The number of hydrogen-bond acceptors (Lipinski definition) is 5. The van der Waals surface area contributed by atoms with Gasteiger partial charge in [-0.15, -0.1) is 0 Å². The Morgan fingerprint density at radius 1 is 1.39 bits per heavy atom. The van der Waals surface area contributed by atoms with Gasteiger partial charge in [-0.3, -0.25) is 4.79 Å². The molecule has 1 fully saturated rings. The Kier molecular flexibility index (Phi) is 5.12. The van der Waals surface area contributed by atoms with Gasteiger partial charge < -0.3 is 15.3 Å². The lowest BCUT2D eigenvalue weighted by atomic mass is 9.97. The number of carbonyl (C=O) groups is 1. The number of likely N-dealkylation sites (N-methyl/N-ethyl adjacent to an activating group) is 1. The van der Waals surface area contributed by atoms with Gasteiger partial charge in [-0.25, -0.2) is 8.42 Å². The van der Waals surface area contributed by atoms with Crippen molar-refractivity contribution in [2.75, 3.05) is 37.7 Å². The van der Waals surface area contributed by atoms with Crippen LogP contribution in [0.3, 0.4) is 0 Å². The van der Waals surface area contributed by atoms with Crippen LogP contribution in [0.15, 0.2) is 0 Å². The van der Waals surface area contributed by atoms with E-state index in [0.29, 0.717) is 32.6 Å². The van der Waals surface area contributed by atoms with Gasteiger partial charge in [0.25, 0.3) is 0 Å². The Morgan fingerprint density at radius 2 is 1.94 bits per heavy atom. The predicted octanol–water partition coefficient (Wildman–Crippen LogP) is -0.440. The number of carboxylic acid groups (broad SMARTS) is 1. The summed E-state index contributed by atoms with van der Waals surface area (Å²) in [4.78, 5) is 13.2. The largest absolute Gasteiger partial charge is 0.480 e. The van der Waals surface area contributed by atoms with Gasteiger partial charge in [-0.2, -0.15) is 0 Å². The molecule has 0 bridgehead atoms. The molecule has 1 heterocycles. The number of nitrogens with zero attached hydrogens (tertiary/aromatic N) is 1. The third kappa shape index (κ3) is 4.22. The minimum Gasteiger partial charge on any atom is -0.480 e. The number of rotatable bonds is 6. The first kappa shape index (κ1) is 15.4. The van der Waals surface area contributed by atoms with Gasteiger partial charge in [0.05, 0.1) is 11.5 Å². The molecule has 1 aliphatic rings. The van der Waals surface area contributed by atoms with Crippen molar-refractivity contribution in [1.82, 2.24) is 10.2 Å². The molecule has 0 aromatic carbocycles. The normalized spacial score (nSPS) is 23.4. The van der Waals surface area contributed by atoms with Crippen molar-refractivity contribution >= 4 is 15.8 Å². The summed E-state index contributed by atoms with van der Waals surface area (Å²) in [6, 6.07) is 0. The summed E-state index contributed by atoms with van der Waals surface area (Å²) in [5, 5.41) is 12.2. The number of hydrogen-bond donors (Lipinski definition) is 2. The minimum atomic E-state index is -2.87. The lowest BCUT2D eigenvalue weighted by Gasteiger charge is -2.31. The van der Waals surface area contributed by atoms with E-state index >= 15 is 0 Å². The van der Waals surface area contributed by atoms with Crippen molar-refractivity contribution in [3.8, 4) is 0 Å². The predicted molar refractivity (Wildman–Crippen MR) is 69.4 cm³/mol. The van der Waals surface area contributed by atoms with Crippen LogP contribution in [0.2, 0.25) is 0 Å². The Hall–Kier alpha value is -0.660. The van der Waals surface area contributed by atoms with Crippen LogP contribution in [0.5, 0.6) is 0 Å². The van der Waals surface area contributed by atoms with Crippen LogP contribution in [0, 0.1) is 0 Å². The molecule has 0 amide bonds. The van der Waals surface area contributed by atoms with E-state index in [-0.39, 0.29) is 11.5 Å². The highest BCUT2D eigenvalue weighted by Gasteiger charge is 2.33. The monoisotopic (exact) mass is 278 g/mol. The first-order valence-electron chi connectivity index (χ1n) is 6.20. The Labute approximate surface area is 108 Å². The van der Waals surface area contributed by atoms with Crippen molar-refractivity contribution in [2.45, 2.75) is 25.8 Å². The fourth-order valence-corrected chi connectivity index (χ4v) is 3.29. The van der Waals surface area contributed by atoms with E-state index in [1.54, 1.807) is 6.92 Å². The smallest absolute Gasteiger partial charge is 0.323 e. The average Bonchev–Trinajstić information content (AvgIpc) is 2.28. The molecule has 6 nitrogen and oxygen atoms in total. The van der Waals surface area contributed by atoms with Crippen LogP contribution in [-0.4, -0.2) is 67.6 Å². The summed E-state index contributed by atoms with van der Waals surface area (Å²) in [6.45, 7) is 5.74. The highest BCUT2D eigenvalue weighted by atomic mass is 32.2. The van der Waals surface area contributed by atoms with Crippen LogP contribution in [0.4, 0.5) is 0 Å². The van der Waals surface area contributed by atoms with E-state index < -0.39 is 21.3 Å². The molecule has 0 spiro atoms. The van der Waals surface area contributed by atoms with Crippen LogP contribution in [0.25, 0.3) is 0 Å². The summed E-state index contributed by atoms with van der Waals surface area (Å²) in [5.41, 5.74) is -0.939. The molecule has 0 aromatic rings. The number of sulfone groups is 1. The number of carboxylic acids is 1. The van der Waals surface area contributed by atoms with Gasteiger partial charge in [0.2, 0.25) is 0 Å². The topological polar surface area (TPSA) is 86.7 Å². The van der Waals surface area contributed by atoms with Crippen molar-refractivity contribution in [3.63, 3.8) is 0 Å². The van der Waals surface area contributed by atoms with E-state index in [2.05, 4.69) is 5.32 Å². The zero-order valence-electron chi connectivity index (χ0n) is 11.0. The van der Waals surface area contributed by atoms with Gasteiger partial charge in [-0.05, 0) is 19.9 Å². The lowest BCUT2D eigenvalue weighted by molar-refractivity contribution is -0.144. The highest BCUT2D eigenvalue weighted by molar-refractivity contribution is 7.91. The molecule has 18 heavy (non-hydrogen) atoms. The molecule has 1 unspecified atom stereocenters. The van der Waals surface area contributed by atoms with Crippen molar-refractivity contribution < 1.29 is 18.3 Å². The summed E-state index contributed by atoms with van der Waals surface area (Å²) in [5.74, 6) is -0.510. The summed E-state index contributed by atoms with van der Waals surface area (Å²) < 4.78 is 22.5. The first-order valence-corrected chi connectivity index (χ1v) is 8.02. The Morgan fingerprint density at radius 3 is 2.39 bits per heavy atom. The molecule has 1 aliphatic heterocycles. The van der Waals surface area contributed by atoms with Gasteiger partial charge >= 0.3 is 5.97 Å². The molecule has 0 aliphatic carbocycles. The van der Waals surface area contributed by atoms with Gasteiger partial charge in [-0.1, -0.05) is 6.92 Å². The van der Waals surface area contributed by atoms with E-state index in [0.717, 1.165) is 0 Å². The molecular formula is C11H22N2O4S. The lowest BCUT2D eigenvalue weighted by Crippen LogP contribution is -2.52. The van der Waals surface area contributed by atoms with Crippen LogP contribution in [0.1, 0.15) is 20.3 Å². The Balaban J connectivity index is 2.47. The number of nitrogens with one attached hydrogen (secondary N) is 1. The van der Waals surface area contributed by atoms with Gasteiger partial charge in [0.1, 0.15) is 5.54 Å². The fraction of sp³-hybridized carbons (Fsp3) is 0.909. The minimum absolute atomic E-state index is 0.179. The summed E-state index contributed by atoms with van der Waals surface area (Å²) >= 11 is 0. The second-order valence-corrected chi connectivity index (χ2v) is 7.21. The zero-order valence-corrected chi connectivity index (χ0v) is 11.8. The van der Waals surface area contributed by atoms with E-state index in [1.807, 2.05) is 11.8 Å². The molecule has 2 N–H and O–H groups in total. The van der Waals surface area contributed by atoms with Gasteiger partial charge in [0, 0.05) is 19.6 Å². The molecule has 0 saturated carbocycles. The number of aliphatic carboxylic acids is 1. The van der Waals surface area contributed by atoms with Crippen LogP contribution in [-0.2, 0) is 14.6 Å². The third-order valence-electron chi connectivity index (χ3n) is 3.40. The fourth-order valence-electron chi connectivity index (χ4n) is 2.02. The second kappa shape index (κ2) is 5.99. The first-order chi connectivity index (χ1) is 8.29. The Bertz CT molecular complexity index is 382. The summed E-state index contributed by atoms with van der Waals surface area (Å²) in [6.07, 6.45) is 0.468. The molecule has 106 valence electrons. The maximum Gasteiger partial charge on any atom is 0.323 e. The SMILES string of the molecule is CCNC(C)(CCN1CCS(=O)(=O)CC1)C(=O)O. The standard InChI is InChI=1S/C11H22N2O4S/c1-3-12-11(2,10(14)15)4-5-13-6-8-18(16,17)9-7-13/h12H,3-9H2,1-2H3,(H,14,15). The molecule has 0 aromatic heterocycles. The van der Waals surface area contributed by atoms with Crippen molar-refractivity contribution in [2.24, 2.45) is 0 Å². The maximum atomic E-state index is 11.3. The zero-order chi connectivity index (χ0) is 13.8. The quantitative estimate of drug-likeness (QED) is 0.685. The maximum absolute atomic E-state index is 11.3. The highest BCUT2D eigenvalue weighted by Crippen LogP contribution is 2.13. The average molecular weight is 278 g/mol. The summed E-state index contributed by atoms with van der Waals surface area (Å²) in [7, 11) is -2.87. The molecule has 1 rings (SSSR count). The van der Waals surface area contributed by atoms with E-state index in [1.165, 1.54) is 0 Å². The molecule has 1 saturated heterocycles. The second-order valence-electron chi connectivity index (χ2n) is 4.91. The van der Waals surface area contributed by atoms with Crippen LogP contribution < -0.4 is 5.32 Å². The van der Waals surface area contributed by atoms with E-state index in [4.69, 9.17) is 0 Å². The molecule has 0 radical (unpaired) electrons. The van der Waals surface area contributed by atoms with Crippen molar-refractivity contribution in [3.05, 3.63) is 0 Å². The molecular weight excluding hydrogens is 256 g/mol. The van der Waals surface area contributed by atoms with Gasteiger partial charge in [0.15, 0.2) is 9.84 Å². The molecule has 1 atom stereocenters. The third-order valence-corrected chi connectivity index (χ3v) is 5.01. The van der Waals surface area contributed by atoms with Crippen LogP contribution >= 0.6 is 0 Å². The van der Waals surface area contributed by atoms with Crippen molar-refractivity contribution in [1.29, 1.82) is 0 Å². The van der Waals surface area contributed by atoms with E-state index in [9.17, 15) is 18.3 Å². The molecule has 7 heteroatoms.